The maximum atomic E-state index is 9.81. The molecule has 1 aromatic rings. The molecule has 0 saturated heterocycles. The summed E-state index contributed by atoms with van der Waals surface area (Å²) in [5.41, 5.74) is 0. The lowest BCUT2D eigenvalue weighted by atomic mass is 10.4. The highest BCUT2D eigenvalue weighted by molar-refractivity contribution is 7.83. The molecule has 1 rings (SSSR count). The zero-order chi connectivity index (χ0) is 16.4. The fourth-order valence-electron chi connectivity index (χ4n) is 0.385. The van der Waals surface area contributed by atoms with E-state index in [9.17, 15) is 16.8 Å². The van der Waals surface area contributed by atoms with Gasteiger partial charge in [0.05, 0.1) is 0 Å². The van der Waals surface area contributed by atoms with Gasteiger partial charge >= 0.3 is 20.6 Å². The second-order valence-electron chi connectivity index (χ2n) is 3.68. The quantitative estimate of drug-likeness (QED) is 0.759. The molecule has 0 aromatic heterocycles. The van der Waals surface area contributed by atoms with Crippen molar-refractivity contribution in [1.82, 2.24) is 8.61 Å². The van der Waals surface area contributed by atoms with Gasteiger partial charge in [-0.15, -0.1) is 0 Å². The molecule has 1 aromatic carbocycles. The minimum atomic E-state index is -3.91. The van der Waals surface area contributed by atoms with Gasteiger partial charge in [0.1, 0.15) is 0 Å². The Hall–Kier alpha value is -1.04. The minimum Gasteiger partial charge on any atom is -0.273 e. The van der Waals surface area contributed by atoms with Crippen LogP contribution in [0.4, 0.5) is 0 Å². The summed E-state index contributed by atoms with van der Waals surface area (Å²) in [5, 5.41) is 0. The maximum absolute atomic E-state index is 9.81. The maximum Gasteiger partial charge on any atom is 0.335 e. The summed E-state index contributed by atoms with van der Waals surface area (Å²) in [6.45, 7) is 0. The summed E-state index contributed by atoms with van der Waals surface area (Å²) in [6, 6.07) is 12.0. The first-order valence-corrected chi connectivity index (χ1v) is 7.98. The Morgan fingerprint density at radius 3 is 0.750 bits per heavy atom. The highest BCUT2D eigenvalue weighted by Crippen LogP contribution is 1.83. The Bertz CT molecular complexity index is 478. The Morgan fingerprint density at radius 2 is 0.700 bits per heavy atom. The normalized spacial score (nSPS) is 11.2. The molecule has 0 aliphatic rings. The van der Waals surface area contributed by atoms with Crippen LogP contribution in [0, 0.1) is 0 Å². The highest BCUT2D eigenvalue weighted by atomic mass is 32.2. The third-order valence-electron chi connectivity index (χ3n) is 1.59. The van der Waals surface area contributed by atoms with E-state index in [2.05, 4.69) is 0 Å². The average Bonchev–Trinajstić information content (AvgIpc) is 2.30. The van der Waals surface area contributed by atoms with Crippen LogP contribution in [0.3, 0.4) is 0 Å². The fourth-order valence-corrected chi connectivity index (χ4v) is 0.385. The fraction of sp³-hybridized carbons (Fsp3) is 0.400. The molecule has 0 atom stereocenters. The number of hydrogen-bond donors (Lipinski definition) is 2. The van der Waals surface area contributed by atoms with E-state index in [1.165, 1.54) is 28.2 Å². The smallest absolute Gasteiger partial charge is 0.273 e. The lowest BCUT2D eigenvalue weighted by molar-refractivity contribution is 0.414. The highest BCUT2D eigenvalue weighted by Gasteiger charge is 2.04. The van der Waals surface area contributed by atoms with Gasteiger partial charge in [0.2, 0.25) is 0 Å². The van der Waals surface area contributed by atoms with Gasteiger partial charge in [-0.2, -0.15) is 25.4 Å². The van der Waals surface area contributed by atoms with Crippen molar-refractivity contribution in [2.75, 3.05) is 28.2 Å². The van der Waals surface area contributed by atoms with Crippen LogP contribution in [-0.4, -0.2) is 62.7 Å². The molecule has 0 aliphatic heterocycles. The van der Waals surface area contributed by atoms with Crippen molar-refractivity contribution < 1.29 is 25.9 Å². The van der Waals surface area contributed by atoms with E-state index in [0.29, 0.717) is 8.61 Å². The van der Waals surface area contributed by atoms with Gasteiger partial charge in [0.25, 0.3) is 0 Å². The molecule has 0 unspecified atom stereocenters. The van der Waals surface area contributed by atoms with Crippen molar-refractivity contribution in [2.24, 2.45) is 0 Å². The summed E-state index contributed by atoms with van der Waals surface area (Å²) < 4.78 is 56.7. The molecule has 2 N–H and O–H groups in total. The summed E-state index contributed by atoms with van der Waals surface area (Å²) in [7, 11) is -2.83. The molecule has 20 heavy (non-hydrogen) atoms. The number of hydrogen-bond acceptors (Lipinski definition) is 4. The SMILES string of the molecule is CN(C)S(=O)(=O)O.CN(C)S(=O)(=O)O.c1ccccc1. The van der Waals surface area contributed by atoms with Crippen LogP contribution in [0.5, 0.6) is 0 Å². The first kappa shape index (κ1) is 21.3. The molecule has 118 valence electrons. The molecular formula is C10H20N2O6S2. The molecule has 0 radical (unpaired) electrons. The Morgan fingerprint density at radius 1 is 0.600 bits per heavy atom. The van der Waals surface area contributed by atoms with Crippen molar-refractivity contribution in [3.63, 3.8) is 0 Å². The van der Waals surface area contributed by atoms with Crippen molar-refractivity contribution in [1.29, 1.82) is 0 Å². The second kappa shape index (κ2) is 9.80. The van der Waals surface area contributed by atoms with E-state index < -0.39 is 20.6 Å². The van der Waals surface area contributed by atoms with Crippen molar-refractivity contribution >= 4 is 20.6 Å². The first-order chi connectivity index (χ1) is 8.89. The molecule has 0 spiro atoms. The van der Waals surface area contributed by atoms with Gasteiger partial charge in [-0.05, 0) is 0 Å². The van der Waals surface area contributed by atoms with Crippen molar-refractivity contribution in [3.05, 3.63) is 36.4 Å². The van der Waals surface area contributed by atoms with Gasteiger partial charge in [-0.25, -0.2) is 0 Å². The third kappa shape index (κ3) is 15.0. The van der Waals surface area contributed by atoms with E-state index in [1.54, 1.807) is 0 Å². The Labute approximate surface area is 120 Å². The lowest BCUT2D eigenvalue weighted by Gasteiger charge is -2.00. The number of benzene rings is 1. The Kier molecular flexibility index (Phi) is 10.4. The second-order valence-corrected chi connectivity index (χ2v) is 6.93. The van der Waals surface area contributed by atoms with Gasteiger partial charge in [-0.1, -0.05) is 36.4 Å². The molecular weight excluding hydrogens is 308 g/mol. The molecule has 0 amide bonds. The van der Waals surface area contributed by atoms with Crippen LogP contribution in [0.1, 0.15) is 0 Å². The predicted molar refractivity (Wildman–Crippen MR) is 76.9 cm³/mol. The van der Waals surface area contributed by atoms with E-state index >= 15 is 0 Å². The molecule has 0 aliphatic carbocycles. The monoisotopic (exact) mass is 328 g/mol. The topological polar surface area (TPSA) is 115 Å². The third-order valence-corrected chi connectivity index (χ3v) is 3.44. The predicted octanol–water partition coefficient (Wildman–Crippen LogP) is 0.388. The molecule has 0 fully saturated rings. The average molecular weight is 328 g/mol. The summed E-state index contributed by atoms with van der Waals surface area (Å²) >= 11 is 0. The Balaban J connectivity index is 0. The van der Waals surface area contributed by atoms with Crippen molar-refractivity contribution in [3.8, 4) is 0 Å². The summed E-state index contributed by atoms with van der Waals surface area (Å²) in [4.78, 5) is 0. The van der Waals surface area contributed by atoms with Gasteiger partial charge < -0.3 is 0 Å². The van der Waals surface area contributed by atoms with Crippen LogP contribution in [0.15, 0.2) is 36.4 Å². The van der Waals surface area contributed by atoms with E-state index in [1.807, 2.05) is 36.4 Å². The largest absolute Gasteiger partial charge is 0.335 e. The molecule has 8 nitrogen and oxygen atoms in total. The van der Waals surface area contributed by atoms with Crippen LogP contribution in [0.2, 0.25) is 0 Å². The molecule has 0 saturated carbocycles. The lowest BCUT2D eigenvalue weighted by Crippen LogP contribution is -2.20. The van der Waals surface area contributed by atoms with Gasteiger partial charge in [-0.3, -0.25) is 9.11 Å². The standard InChI is InChI=1S/C6H6.2C2H7NO3S/c1-2-4-6-5-3-1;2*1-3(2)7(4,5)6/h1-6H;2*1-2H3,(H,4,5,6). The zero-order valence-corrected chi connectivity index (χ0v) is 13.3. The molecule has 10 heteroatoms. The number of rotatable bonds is 2. The first-order valence-electron chi connectivity index (χ1n) is 5.19. The minimum absolute atomic E-state index is 0.715. The van der Waals surface area contributed by atoms with Gasteiger partial charge in [0.15, 0.2) is 0 Å². The molecule has 0 heterocycles. The zero-order valence-electron chi connectivity index (χ0n) is 11.7. The van der Waals surface area contributed by atoms with Crippen LogP contribution in [0.25, 0.3) is 0 Å². The van der Waals surface area contributed by atoms with Crippen LogP contribution < -0.4 is 0 Å². The van der Waals surface area contributed by atoms with Crippen molar-refractivity contribution in [2.45, 2.75) is 0 Å². The van der Waals surface area contributed by atoms with Crippen LogP contribution in [-0.2, 0) is 20.6 Å². The summed E-state index contributed by atoms with van der Waals surface area (Å²) in [6.07, 6.45) is 0. The number of nitrogens with zero attached hydrogens (tertiary/aromatic N) is 2. The molecule has 0 bridgehead atoms. The van der Waals surface area contributed by atoms with E-state index in [0.717, 1.165) is 0 Å². The van der Waals surface area contributed by atoms with Crippen LogP contribution >= 0.6 is 0 Å². The van der Waals surface area contributed by atoms with E-state index in [4.69, 9.17) is 9.11 Å². The van der Waals surface area contributed by atoms with E-state index in [-0.39, 0.29) is 0 Å². The van der Waals surface area contributed by atoms with Gasteiger partial charge in [0, 0.05) is 28.2 Å². The summed E-state index contributed by atoms with van der Waals surface area (Å²) in [5.74, 6) is 0.